The van der Waals surface area contributed by atoms with E-state index in [0.717, 1.165) is 10.9 Å². The summed E-state index contributed by atoms with van der Waals surface area (Å²) < 4.78 is 35.3. The lowest BCUT2D eigenvalue weighted by Crippen LogP contribution is -2.54. The first kappa shape index (κ1) is 36.4. The van der Waals surface area contributed by atoms with E-state index >= 15 is 0 Å². The number of benzene rings is 4. The number of carbonyl (C=O) groups excluding carboxylic acids is 3. The Labute approximate surface area is 284 Å². The van der Waals surface area contributed by atoms with Gasteiger partial charge in [-0.25, -0.2) is 8.42 Å². The number of nitrogens with one attached hydrogen (secondary N) is 3. The minimum Gasteiger partial charge on any atom is -0.492 e. The molecule has 3 atom stereocenters. The summed E-state index contributed by atoms with van der Waals surface area (Å²) in [6, 6.07) is 23.7. The van der Waals surface area contributed by atoms with E-state index in [4.69, 9.17) is 10.5 Å². The van der Waals surface area contributed by atoms with Gasteiger partial charge in [-0.2, -0.15) is 4.72 Å². The number of hydrogen-bond donors (Lipinski definition) is 4. The predicted octanol–water partition coefficient (Wildman–Crippen LogP) is 4.38. The number of amides is 3. The number of rotatable bonds is 15. The van der Waals surface area contributed by atoms with Gasteiger partial charge < -0.3 is 21.1 Å². The van der Waals surface area contributed by atoms with E-state index in [2.05, 4.69) is 25.4 Å². The van der Waals surface area contributed by atoms with Crippen LogP contribution in [0.25, 0.3) is 21.2 Å². The highest BCUT2D eigenvalue weighted by atomic mass is 32.2. The van der Waals surface area contributed by atoms with Gasteiger partial charge in [-0.1, -0.05) is 77.9 Å². The van der Waals surface area contributed by atoms with Crippen molar-refractivity contribution in [2.24, 2.45) is 10.8 Å². The highest BCUT2D eigenvalue weighted by Crippen LogP contribution is 2.22. The van der Waals surface area contributed by atoms with Gasteiger partial charge in [-0.05, 0) is 73.3 Å². The van der Waals surface area contributed by atoms with Crippen LogP contribution in [0.1, 0.15) is 43.1 Å². The van der Waals surface area contributed by atoms with Crippen molar-refractivity contribution in [3.8, 4) is 5.75 Å². The van der Waals surface area contributed by atoms with Gasteiger partial charge in [0.25, 0.3) is 5.91 Å². The van der Waals surface area contributed by atoms with Crippen LogP contribution in [0, 0.1) is 0 Å². The summed E-state index contributed by atoms with van der Waals surface area (Å²) in [5.41, 5.74) is 15.5. The third-order valence-corrected chi connectivity index (χ3v) is 8.84. The number of ether oxygens (including phenoxy) is 1. The number of sulfonamides is 1. The minimum absolute atomic E-state index is 0.108. The molecule has 0 aliphatic heterocycles. The first-order valence-corrected chi connectivity index (χ1v) is 17.0. The molecule has 4 rings (SSSR count). The summed E-state index contributed by atoms with van der Waals surface area (Å²) in [4.78, 5) is 41.7. The maximum absolute atomic E-state index is 13.8. The summed E-state index contributed by atoms with van der Waals surface area (Å²) in [6.45, 7) is 5.27. The number of nitrogens with two attached hydrogens (primary N) is 1. The minimum atomic E-state index is -4.30. The van der Waals surface area contributed by atoms with Crippen LogP contribution in [-0.4, -0.2) is 56.4 Å². The van der Waals surface area contributed by atoms with Crippen molar-refractivity contribution in [2.45, 2.75) is 62.2 Å². The SMILES string of the molecule is CC(C)(C)NC(=O)c1ccccc1OC[C@@H](N=[N+]=[N-])[C@H](Cc1ccccc1)NC(=O)[C@H](CC(N)=O)NS(=O)(=O)c1ccc2ccccc2c1. The fourth-order valence-electron chi connectivity index (χ4n) is 5.07. The first-order chi connectivity index (χ1) is 23.3. The van der Waals surface area contributed by atoms with E-state index in [1.165, 1.54) is 12.1 Å². The molecule has 0 unspecified atom stereocenters. The van der Waals surface area contributed by atoms with Crippen molar-refractivity contribution in [3.05, 3.63) is 119 Å². The normalized spacial score (nSPS) is 13.4. The van der Waals surface area contributed by atoms with Crippen molar-refractivity contribution in [1.82, 2.24) is 15.4 Å². The molecule has 256 valence electrons. The fourth-order valence-corrected chi connectivity index (χ4v) is 6.30. The molecule has 5 N–H and O–H groups in total. The lowest BCUT2D eigenvalue weighted by molar-refractivity contribution is -0.127. The number of azide groups is 1. The molecule has 0 radical (unpaired) electrons. The largest absolute Gasteiger partial charge is 0.492 e. The quantitative estimate of drug-likeness (QED) is 0.0811. The second kappa shape index (κ2) is 16.1. The maximum Gasteiger partial charge on any atom is 0.255 e. The molecule has 0 spiro atoms. The Bertz CT molecular complexity index is 1960. The van der Waals surface area contributed by atoms with E-state index in [-0.39, 0.29) is 35.1 Å². The number of fused-ring (bicyclic) bond motifs is 1. The van der Waals surface area contributed by atoms with Gasteiger partial charge in [-0.15, -0.1) is 0 Å². The van der Waals surface area contributed by atoms with E-state index in [0.29, 0.717) is 5.39 Å². The smallest absolute Gasteiger partial charge is 0.255 e. The number of carbonyl (C=O) groups is 3. The van der Waals surface area contributed by atoms with Crippen LogP contribution in [-0.2, 0) is 26.0 Å². The van der Waals surface area contributed by atoms with Crippen LogP contribution in [0.15, 0.2) is 107 Å². The molecule has 3 amide bonds. The summed E-state index contributed by atoms with van der Waals surface area (Å²) >= 11 is 0. The number of para-hydroxylation sites is 1. The molecule has 49 heavy (non-hydrogen) atoms. The van der Waals surface area contributed by atoms with E-state index < -0.39 is 51.9 Å². The molecule has 0 heterocycles. The summed E-state index contributed by atoms with van der Waals surface area (Å²) in [5.74, 6) is -1.93. The highest BCUT2D eigenvalue weighted by Gasteiger charge is 2.32. The van der Waals surface area contributed by atoms with Crippen LogP contribution < -0.4 is 25.8 Å². The lowest BCUT2D eigenvalue weighted by atomic mass is 9.99. The van der Waals surface area contributed by atoms with Crippen LogP contribution in [0.5, 0.6) is 5.75 Å². The summed E-state index contributed by atoms with van der Waals surface area (Å²) in [7, 11) is -4.30. The molecule has 4 aromatic rings. The average molecular weight is 686 g/mol. The molecular formula is C35H39N7O6S. The molecule has 14 heteroatoms. The van der Waals surface area contributed by atoms with Crippen LogP contribution in [0.3, 0.4) is 0 Å². The molecular weight excluding hydrogens is 646 g/mol. The molecule has 0 aliphatic rings. The van der Waals surface area contributed by atoms with Crippen molar-refractivity contribution in [1.29, 1.82) is 0 Å². The zero-order valence-electron chi connectivity index (χ0n) is 27.4. The number of nitrogens with zero attached hydrogens (tertiary/aromatic N) is 3. The molecule has 0 saturated carbocycles. The van der Waals surface area contributed by atoms with E-state index in [9.17, 15) is 28.3 Å². The second-order valence-electron chi connectivity index (χ2n) is 12.4. The molecule has 0 fully saturated rings. The molecule has 0 bridgehead atoms. The Balaban J connectivity index is 1.61. The third kappa shape index (κ3) is 10.5. The second-order valence-corrected chi connectivity index (χ2v) is 14.2. The molecule has 0 aromatic heterocycles. The average Bonchev–Trinajstić information content (AvgIpc) is 3.05. The highest BCUT2D eigenvalue weighted by molar-refractivity contribution is 7.89. The molecule has 4 aromatic carbocycles. The zero-order valence-corrected chi connectivity index (χ0v) is 28.2. The maximum atomic E-state index is 13.8. The fraction of sp³-hybridized carbons (Fsp3) is 0.286. The Kier molecular flexibility index (Phi) is 12.0. The van der Waals surface area contributed by atoms with Crippen LogP contribution in [0.2, 0.25) is 0 Å². The molecule has 13 nitrogen and oxygen atoms in total. The van der Waals surface area contributed by atoms with E-state index in [1.54, 1.807) is 54.6 Å². The Morgan fingerprint density at radius 2 is 1.57 bits per heavy atom. The van der Waals surface area contributed by atoms with Gasteiger partial charge in [0.1, 0.15) is 11.8 Å². The Morgan fingerprint density at radius 3 is 2.24 bits per heavy atom. The van der Waals surface area contributed by atoms with Gasteiger partial charge in [0.2, 0.25) is 21.8 Å². The van der Waals surface area contributed by atoms with Gasteiger partial charge in [0, 0.05) is 16.5 Å². The van der Waals surface area contributed by atoms with Crippen molar-refractivity contribution in [3.63, 3.8) is 0 Å². The monoisotopic (exact) mass is 685 g/mol. The van der Waals surface area contributed by atoms with E-state index in [1.807, 2.05) is 51.1 Å². The van der Waals surface area contributed by atoms with Gasteiger partial charge >= 0.3 is 0 Å². The van der Waals surface area contributed by atoms with Gasteiger partial charge in [0.15, 0.2) is 0 Å². The van der Waals surface area contributed by atoms with Crippen molar-refractivity contribution >= 4 is 38.5 Å². The number of hydrogen-bond acceptors (Lipinski definition) is 7. The van der Waals surface area contributed by atoms with Crippen molar-refractivity contribution in [2.75, 3.05) is 6.61 Å². The predicted molar refractivity (Wildman–Crippen MR) is 186 cm³/mol. The standard InChI is InChI=1S/C35H39N7O6S/c1-35(2,3)39-33(44)27-15-9-10-16-31(27)48-22-30(40-42-37)28(19-23-11-5-4-6-12-23)38-34(45)29(21-32(36)43)41-49(46,47)26-18-17-24-13-7-8-14-25(24)20-26/h4-18,20,28-30,41H,19,21-22H2,1-3H3,(H2,36,43)(H,38,45)(H,39,44)/t28-,29-,30+/m0/s1. The number of primary amides is 1. The summed E-state index contributed by atoms with van der Waals surface area (Å²) in [6.07, 6.45) is -0.498. The van der Waals surface area contributed by atoms with Gasteiger partial charge in [-0.3, -0.25) is 14.4 Å². The molecule has 0 aliphatic carbocycles. The Morgan fingerprint density at radius 1 is 0.918 bits per heavy atom. The van der Waals surface area contributed by atoms with Crippen molar-refractivity contribution < 1.29 is 27.5 Å². The molecule has 0 saturated heterocycles. The van der Waals surface area contributed by atoms with Gasteiger partial charge in [0.05, 0.1) is 29.5 Å². The topological polar surface area (TPSA) is 205 Å². The first-order valence-electron chi connectivity index (χ1n) is 15.5. The lowest BCUT2D eigenvalue weighted by Gasteiger charge is -2.28. The van der Waals surface area contributed by atoms with Crippen LogP contribution in [0.4, 0.5) is 0 Å². The zero-order chi connectivity index (χ0) is 35.6. The summed E-state index contributed by atoms with van der Waals surface area (Å²) in [5, 5.41) is 11.0. The van der Waals surface area contributed by atoms with Crippen LogP contribution >= 0.6 is 0 Å². The third-order valence-electron chi connectivity index (χ3n) is 7.37. The Hall–Kier alpha value is -5.43.